The van der Waals surface area contributed by atoms with Gasteiger partial charge in [-0.2, -0.15) is 0 Å². The third kappa shape index (κ3) is 2.64. The molecule has 0 amide bonds. The monoisotopic (exact) mass is 362 g/mol. The van der Waals surface area contributed by atoms with Gasteiger partial charge in [0.05, 0.1) is 17.5 Å². The lowest BCUT2D eigenvalue weighted by Crippen LogP contribution is -2.23. The minimum absolute atomic E-state index is 0.216. The van der Waals surface area contributed by atoms with Crippen LogP contribution in [0.25, 0.3) is 11.0 Å². The second kappa shape index (κ2) is 6.34. The number of hydrogen-bond acceptors (Lipinski definition) is 4. The van der Waals surface area contributed by atoms with Crippen LogP contribution in [0.2, 0.25) is 0 Å². The zero-order valence-electron chi connectivity index (χ0n) is 15.9. The minimum atomic E-state index is -0.216. The van der Waals surface area contributed by atoms with Crippen LogP contribution in [0.1, 0.15) is 49.4 Å². The zero-order valence-corrected chi connectivity index (χ0v) is 15.9. The molecule has 0 radical (unpaired) electrons. The normalized spacial score (nSPS) is 27.2. The predicted molar refractivity (Wildman–Crippen MR) is 107 cm³/mol. The molecule has 2 aliphatic rings. The quantitative estimate of drug-likeness (QED) is 0.768. The largest absolute Gasteiger partial charge is 0.393 e. The Morgan fingerprint density at radius 1 is 1.15 bits per heavy atom. The predicted octanol–water partition coefficient (Wildman–Crippen LogP) is 3.89. The molecule has 0 spiro atoms. The summed E-state index contributed by atoms with van der Waals surface area (Å²) in [7, 11) is 2.15. The van der Waals surface area contributed by atoms with Crippen LogP contribution in [-0.2, 0) is 6.42 Å². The fourth-order valence-electron chi connectivity index (χ4n) is 5.04. The molecule has 1 fully saturated rings. The van der Waals surface area contributed by atoms with E-state index in [-0.39, 0.29) is 6.10 Å². The first-order valence-corrected chi connectivity index (χ1v) is 9.93. The Hall–Kier alpha value is -2.40. The van der Waals surface area contributed by atoms with E-state index in [1.807, 2.05) is 0 Å². The fourth-order valence-corrected chi connectivity index (χ4v) is 5.04. The molecule has 0 unspecified atom stereocenters. The van der Waals surface area contributed by atoms with Crippen molar-refractivity contribution in [3.05, 3.63) is 54.0 Å². The van der Waals surface area contributed by atoms with Gasteiger partial charge in [0.15, 0.2) is 0 Å². The highest BCUT2D eigenvalue weighted by molar-refractivity contribution is 5.88. The number of anilines is 1. The molecule has 2 heterocycles. The number of nitrogens with zero attached hydrogens (tertiary/aromatic N) is 4. The molecule has 0 aliphatic heterocycles. The summed E-state index contributed by atoms with van der Waals surface area (Å²) in [5.74, 6) is 1.33. The summed E-state index contributed by atoms with van der Waals surface area (Å²) in [5.41, 5.74) is 3.84. The molecule has 5 heteroatoms. The third-order valence-electron chi connectivity index (χ3n) is 6.60. The second-order valence-electron chi connectivity index (χ2n) is 8.19. The highest BCUT2D eigenvalue weighted by Gasteiger charge is 2.32. The molecule has 27 heavy (non-hydrogen) atoms. The standard InChI is InChI=1S/C22H26N4O/c1-14-11-16(12-20(14)27)26-10-9-18-21(23-13-24-22(18)26)25(2)19-8-7-15-5-3-4-6-17(15)19/h3-6,9-10,13-14,16,19-20,27H,7-8,11-12H2,1-2H3/t14-,16+,19-,20-/m0/s1. The zero-order chi connectivity index (χ0) is 18.5. The van der Waals surface area contributed by atoms with Gasteiger partial charge in [0.2, 0.25) is 0 Å². The third-order valence-corrected chi connectivity index (χ3v) is 6.60. The Morgan fingerprint density at radius 3 is 2.81 bits per heavy atom. The topological polar surface area (TPSA) is 54.2 Å². The Labute approximate surface area is 159 Å². The van der Waals surface area contributed by atoms with Crippen molar-refractivity contribution in [2.24, 2.45) is 5.92 Å². The lowest BCUT2D eigenvalue weighted by Gasteiger charge is -2.27. The van der Waals surface area contributed by atoms with Gasteiger partial charge in [-0.3, -0.25) is 0 Å². The molecule has 2 aromatic heterocycles. The highest BCUT2D eigenvalue weighted by Crippen LogP contribution is 2.40. The van der Waals surface area contributed by atoms with Crippen LogP contribution < -0.4 is 4.90 Å². The van der Waals surface area contributed by atoms with Crippen molar-refractivity contribution in [3.8, 4) is 0 Å². The van der Waals surface area contributed by atoms with E-state index in [1.54, 1.807) is 6.33 Å². The fraction of sp³-hybridized carbons (Fsp3) is 0.455. The number of benzene rings is 1. The van der Waals surface area contributed by atoms with Crippen molar-refractivity contribution in [2.75, 3.05) is 11.9 Å². The van der Waals surface area contributed by atoms with Gasteiger partial charge in [0.25, 0.3) is 0 Å². The lowest BCUT2D eigenvalue weighted by atomic mass is 10.1. The molecule has 0 saturated heterocycles. The average Bonchev–Trinajstić information content (AvgIpc) is 3.38. The average molecular weight is 362 g/mol. The first-order valence-electron chi connectivity index (χ1n) is 9.93. The number of aliphatic hydroxyl groups excluding tert-OH is 1. The maximum absolute atomic E-state index is 10.2. The van der Waals surface area contributed by atoms with Crippen molar-refractivity contribution >= 4 is 16.9 Å². The van der Waals surface area contributed by atoms with Crippen LogP contribution in [0, 0.1) is 5.92 Å². The molecule has 1 saturated carbocycles. The summed E-state index contributed by atoms with van der Waals surface area (Å²) in [5, 5.41) is 11.3. The van der Waals surface area contributed by atoms with Crippen molar-refractivity contribution in [2.45, 2.75) is 50.8 Å². The number of rotatable bonds is 3. The van der Waals surface area contributed by atoms with E-state index in [2.05, 4.69) is 69.9 Å². The summed E-state index contributed by atoms with van der Waals surface area (Å²) in [4.78, 5) is 11.6. The lowest BCUT2D eigenvalue weighted by molar-refractivity contribution is 0.139. The molecular formula is C22H26N4O. The molecule has 4 atom stereocenters. The molecular weight excluding hydrogens is 336 g/mol. The van der Waals surface area contributed by atoms with Gasteiger partial charge in [-0.05, 0) is 48.8 Å². The smallest absolute Gasteiger partial charge is 0.145 e. The van der Waals surface area contributed by atoms with Gasteiger partial charge in [-0.25, -0.2) is 9.97 Å². The van der Waals surface area contributed by atoms with Crippen LogP contribution in [0.15, 0.2) is 42.9 Å². The number of aromatic nitrogens is 3. The molecule has 1 aromatic carbocycles. The maximum Gasteiger partial charge on any atom is 0.145 e. The Balaban J connectivity index is 1.52. The van der Waals surface area contributed by atoms with E-state index in [1.165, 1.54) is 11.1 Å². The van der Waals surface area contributed by atoms with E-state index < -0.39 is 0 Å². The SMILES string of the molecule is C[C@H]1C[C@@H](n2ccc3c(N(C)[C@H]4CCc5ccccc54)ncnc32)C[C@@H]1O. The number of fused-ring (bicyclic) bond motifs is 2. The Bertz CT molecular complexity index is 971. The minimum Gasteiger partial charge on any atom is -0.393 e. The van der Waals surface area contributed by atoms with E-state index in [9.17, 15) is 5.11 Å². The summed E-state index contributed by atoms with van der Waals surface area (Å²) < 4.78 is 2.24. The summed E-state index contributed by atoms with van der Waals surface area (Å²) >= 11 is 0. The van der Waals surface area contributed by atoms with Crippen molar-refractivity contribution in [3.63, 3.8) is 0 Å². The molecule has 1 N–H and O–H groups in total. The van der Waals surface area contributed by atoms with Gasteiger partial charge in [-0.15, -0.1) is 0 Å². The molecule has 140 valence electrons. The van der Waals surface area contributed by atoms with Crippen molar-refractivity contribution < 1.29 is 5.11 Å². The Kier molecular flexibility index (Phi) is 3.93. The van der Waals surface area contributed by atoms with Crippen molar-refractivity contribution in [1.82, 2.24) is 14.5 Å². The van der Waals surface area contributed by atoms with Crippen LogP contribution in [0.3, 0.4) is 0 Å². The summed E-state index contributed by atoms with van der Waals surface area (Å²) in [6.07, 6.45) is 7.62. The maximum atomic E-state index is 10.2. The van der Waals surface area contributed by atoms with E-state index in [0.29, 0.717) is 18.0 Å². The van der Waals surface area contributed by atoms with E-state index in [4.69, 9.17) is 0 Å². The van der Waals surface area contributed by atoms with Crippen molar-refractivity contribution in [1.29, 1.82) is 0 Å². The molecule has 5 rings (SSSR count). The number of hydrogen-bond donors (Lipinski definition) is 1. The van der Waals surface area contributed by atoms with Gasteiger partial charge >= 0.3 is 0 Å². The first kappa shape index (κ1) is 16.8. The summed E-state index contributed by atoms with van der Waals surface area (Å²) in [6.45, 7) is 2.13. The molecule has 3 aromatic rings. The van der Waals surface area contributed by atoms with Gasteiger partial charge < -0.3 is 14.6 Å². The van der Waals surface area contributed by atoms with Gasteiger partial charge in [0, 0.05) is 19.3 Å². The van der Waals surface area contributed by atoms with Crippen LogP contribution in [0.5, 0.6) is 0 Å². The van der Waals surface area contributed by atoms with E-state index in [0.717, 1.165) is 42.5 Å². The summed E-state index contributed by atoms with van der Waals surface area (Å²) in [6, 6.07) is 11.5. The van der Waals surface area contributed by atoms with E-state index >= 15 is 0 Å². The van der Waals surface area contributed by atoms with Crippen LogP contribution >= 0.6 is 0 Å². The van der Waals surface area contributed by atoms with Gasteiger partial charge in [0.1, 0.15) is 17.8 Å². The highest BCUT2D eigenvalue weighted by atomic mass is 16.3. The molecule has 2 aliphatic carbocycles. The molecule has 5 nitrogen and oxygen atoms in total. The van der Waals surface area contributed by atoms with Crippen LogP contribution in [0.4, 0.5) is 5.82 Å². The number of aryl methyl sites for hydroxylation is 1. The Morgan fingerprint density at radius 2 is 2.00 bits per heavy atom. The van der Waals surface area contributed by atoms with Crippen LogP contribution in [-0.4, -0.2) is 32.8 Å². The number of aliphatic hydroxyl groups is 1. The first-order chi connectivity index (χ1) is 13.1. The molecule has 0 bridgehead atoms. The second-order valence-corrected chi connectivity index (χ2v) is 8.19. The van der Waals surface area contributed by atoms with Gasteiger partial charge in [-0.1, -0.05) is 31.2 Å².